The number of benzene rings is 1. The third-order valence-electron chi connectivity index (χ3n) is 2.51. The average molecular weight is 343 g/mol. The Morgan fingerprint density at radius 2 is 1.90 bits per heavy atom. The first kappa shape index (κ1) is 16.5. The molecule has 0 aliphatic heterocycles. The van der Waals surface area contributed by atoms with Crippen molar-refractivity contribution in [1.82, 2.24) is 5.32 Å². The third-order valence-corrected chi connectivity index (χ3v) is 3.04. The van der Waals surface area contributed by atoms with Crippen LogP contribution in [0, 0.1) is 5.92 Å². The quantitative estimate of drug-likeness (QED) is 0.804. The largest absolute Gasteiger partial charge is 0.548 e. The van der Waals surface area contributed by atoms with Crippen molar-refractivity contribution < 1.29 is 19.4 Å². The molecule has 0 spiro atoms. The summed E-state index contributed by atoms with van der Waals surface area (Å²) in [5, 5.41) is 13.3. The summed E-state index contributed by atoms with van der Waals surface area (Å²) in [7, 11) is 0. The van der Waals surface area contributed by atoms with Gasteiger partial charge in [0, 0.05) is 4.47 Å². The molecular formula is C14H17BrNO4-. The van der Waals surface area contributed by atoms with Gasteiger partial charge in [-0.15, -0.1) is 0 Å². The molecule has 0 fully saturated rings. The molecule has 1 aromatic carbocycles. The molecule has 0 aliphatic carbocycles. The number of carboxylic acids is 1. The summed E-state index contributed by atoms with van der Waals surface area (Å²) in [6.45, 7) is 3.52. The summed E-state index contributed by atoms with van der Waals surface area (Å²) in [6, 6.07) is 6.01. The average Bonchev–Trinajstić information content (AvgIpc) is 2.36. The molecule has 0 radical (unpaired) electrons. The van der Waals surface area contributed by atoms with Crippen LogP contribution in [-0.4, -0.2) is 24.5 Å². The molecule has 1 aromatic rings. The number of carbonyl (C=O) groups is 2. The number of nitrogens with one attached hydrogen (secondary N) is 1. The van der Waals surface area contributed by atoms with Gasteiger partial charge in [0.05, 0.1) is 12.0 Å². The lowest BCUT2D eigenvalue weighted by Crippen LogP contribution is -2.49. The highest BCUT2D eigenvalue weighted by atomic mass is 79.9. The van der Waals surface area contributed by atoms with E-state index in [4.69, 9.17) is 4.74 Å². The lowest BCUT2D eigenvalue weighted by molar-refractivity contribution is -0.308. The predicted molar refractivity (Wildman–Crippen MR) is 76.0 cm³/mol. The minimum Gasteiger partial charge on any atom is -0.548 e. The Morgan fingerprint density at radius 1 is 1.30 bits per heavy atom. The molecule has 0 heterocycles. The number of hydrogen-bond acceptors (Lipinski definition) is 4. The van der Waals surface area contributed by atoms with Crippen LogP contribution in [-0.2, 0) is 9.59 Å². The molecule has 110 valence electrons. The monoisotopic (exact) mass is 342 g/mol. The van der Waals surface area contributed by atoms with Gasteiger partial charge in [-0.3, -0.25) is 4.79 Å². The second-order valence-corrected chi connectivity index (χ2v) is 5.73. The van der Waals surface area contributed by atoms with Gasteiger partial charge in [-0.2, -0.15) is 0 Å². The van der Waals surface area contributed by atoms with Crippen molar-refractivity contribution in [3.63, 3.8) is 0 Å². The van der Waals surface area contributed by atoms with Gasteiger partial charge in [0.15, 0.2) is 6.61 Å². The number of aliphatic carboxylic acids is 1. The van der Waals surface area contributed by atoms with E-state index < -0.39 is 17.9 Å². The van der Waals surface area contributed by atoms with Gasteiger partial charge in [-0.1, -0.05) is 29.8 Å². The van der Waals surface area contributed by atoms with E-state index >= 15 is 0 Å². The van der Waals surface area contributed by atoms with Crippen molar-refractivity contribution >= 4 is 27.8 Å². The normalized spacial score (nSPS) is 12.0. The zero-order valence-corrected chi connectivity index (χ0v) is 13.0. The Kier molecular flexibility index (Phi) is 6.51. The second-order valence-electron chi connectivity index (χ2n) is 4.81. The molecule has 6 heteroatoms. The molecule has 0 unspecified atom stereocenters. The number of ether oxygens (including phenoxy) is 1. The standard InChI is InChI=1S/C14H18BrNO4/c1-9(2)7-12(14(18)19)16-13(17)8-20-11-5-3-10(15)4-6-11/h3-6,9,12H,7-8H2,1-2H3,(H,16,17)(H,18,19)/p-1/t12-/m1/s1. The second kappa shape index (κ2) is 7.89. The van der Waals surface area contributed by atoms with E-state index in [9.17, 15) is 14.7 Å². The topological polar surface area (TPSA) is 78.5 Å². The summed E-state index contributed by atoms with van der Waals surface area (Å²) in [5.41, 5.74) is 0. The van der Waals surface area contributed by atoms with Crippen LogP contribution in [0.4, 0.5) is 0 Å². The minimum atomic E-state index is -1.28. The first-order valence-corrected chi connectivity index (χ1v) is 7.06. The van der Waals surface area contributed by atoms with Gasteiger partial charge < -0.3 is 20.0 Å². The van der Waals surface area contributed by atoms with Crippen molar-refractivity contribution in [2.24, 2.45) is 5.92 Å². The number of hydrogen-bond donors (Lipinski definition) is 1. The maximum Gasteiger partial charge on any atom is 0.258 e. The number of carboxylic acid groups (broad SMARTS) is 1. The summed E-state index contributed by atoms with van der Waals surface area (Å²) < 4.78 is 6.17. The molecular weight excluding hydrogens is 326 g/mol. The maximum absolute atomic E-state index is 11.6. The minimum absolute atomic E-state index is 0.144. The Balaban J connectivity index is 2.45. The van der Waals surface area contributed by atoms with Crippen LogP contribution in [0.25, 0.3) is 0 Å². The SMILES string of the molecule is CC(C)C[C@@H](NC(=O)COc1ccc(Br)cc1)C(=O)[O-]. The van der Waals surface area contributed by atoms with Crippen LogP contribution >= 0.6 is 15.9 Å². The molecule has 1 rings (SSSR count). The van der Waals surface area contributed by atoms with Gasteiger partial charge in [-0.25, -0.2) is 0 Å². The van der Waals surface area contributed by atoms with Crippen LogP contribution in [0.1, 0.15) is 20.3 Å². The molecule has 0 aliphatic rings. The van der Waals surface area contributed by atoms with Crippen LogP contribution in [0.3, 0.4) is 0 Å². The van der Waals surface area contributed by atoms with Crippen molar-refractivity contribution in [2.75, 3.05) is 6.61 Å². The number of rotatable bonds is 7. The van der Waals surface area contributed by atoms with E-state index in [0.717, 1.165) is 4.47 Å². The highest BCUT2D eigenvalue weighted by Gasteiger charge is 2.15. The summed E-state index contributed by atoms with van der Waals surface area (Å²) in [5.74, 6) is -1.08. The number of carbonyl (C=O) groups excluding carboxylic acids is 2. The van der Waals surface area contributed by atoms with Crippen molar-refractivity contribution in [1.29, 1.82) is 0 Å². The molecule has 5 nitrogen and oxygen atoms in total. The molecule has 0 aromatic heterocycles. The molecule has 1 N–H and O–H groups in total. The molecule has 1 atom stereocenters. The van der Waals surface area contributed by atoms with Gasteiger partial charge in [-0.05, 0) is 36.6 Å². The highest BCUT2D eigenvalue weighted by Crippen LogP contribution is 2.15. The summed E-state index contributed by atoms with van der Waals surface area (Å²) in [6.07, 6.45) is 0.326. The fourth-order valence-electron chi connectivity index (χ4n) is 1.60. The third kappa shape index (κ3) is 6.06. The smallest absolute Gasteiger partial charge is 0.258 e. The van der Waals surface area contributed by atoms with E-state index in [1.807, 2.05) is 13.8 Å². The first-order valence-electron chi connectivity index (χ1n) is 6.27. The lowest BCUT2D eigenvalue weighted by atomic mass is 10.0. The van der Waals surface area contributed by atoms with E-state index in [2.05, 4.69) is 21.2 Å². The van der Waals surface area contributed by atoms with Crippen LogP contribution < -0.4 is 15.2 Å². The molecule has 0 saturated heterocycles. The summed E-state index contributed by atoms with van der Waals surface area (Å²) >= 11 is 3.29. The molecule has 0 saturated carbocycles. The Bertz CT molecular complexity index is 459. The first-order chi connectivity index (χ1) is 9.38. The maximum atomic E-state index is 11.6. The fraction of sp³-hybridized carbons (Fsp3) is 0.429. The van der Waals surface area contributed by atoms with Crippen LogP contribution in [0.15, 0.2) is 28.7 Å². The van der Waals surface area contributed by atoms with E-state index in [-0.39, 0.29) is 12.5 Å². The Labute approximate surface area is 126 Å². The van der Waals surface area contributed by atoms with Gasteiger partial charge in [0.25, 0.3) is 5.91 Å². The zero-order chi connectivity index (χ0) is 15.1. The van der Waals surface area contributed by atoms with E-state index in [1.54, 1.807) is 24.3 Å². The predicted octanol–water partition coefficient (Wildman–Crippen LogP) is 1.11. The summed E-state index contributed by atoms with van der Waals surface area (Å²) in [4.78, 5) is 22.6. The van der Waals surface area contributed by atoms with E-state index in [0.29, 0.717) is 12.2 Å². The number of amides is 1. The van der Waals surface area contributed by atoms with Crippen molar-refractivity contribution in [2.45, 2.75) is 26.3 Å². The molecule has 0 bridgehead atoms. The van der Waals surface area contributed by atoms with Crippen molar-refractivity contribution in [3.8, 4) is 5.75 Å². The zero-order valence-electron chi connectivity index (χ0n) is 11.4. The van der Waals surface area contributed by atoms with Gasteiger partial charge in [0.2, 0.25) is 0 Å². The van der Waals surface area contributed by atoms with Gasteiger partial charge >= 0.3 is 0 Å². The lowest BCUT2D eigenvalue weighted by Gasteiger charge is -2.21. The fourth-order valence-corrected chi connectivity index (χ4v) is 1.87. The molecule has 20 heavy (non-hydrogen) atoms. The Morgan fingerprint density at radius 3 is 2.40 bits per heavy atom. The van der Waals surface area contributed by atoms with E-state index in [1.165, 1.54) is 0 Å². The van der Waals surface area contributed by atoms with Crippen molar-refractivity contribution in [3.05, 3.63) is 28.7 Å². The highest BCUT2D eigenvalue weighted by molar-refractivity contribution is 9.10. The van der Waals surface area contributed by atoms with Gasteiger partial charge in [0.1, 0.15) is 5.75 Å². The van der Waals surface area contributed by atoms with Crippen LogP contribution in [0.5, 0.6) is 5.75 Å². The number of halogens is 1. The molecule has 1 amide bonds. The van der Waals surface area contributed by atoms with Crippen LogP contribution in [0.2, 0.25) is 0 Å². The Hall–Kier alpha value is -1.56.